The molecule has 0 aliphatic carbocycles. The van der Waals surface area contributed by atoms with Crippen molar-refractivity contribution in [2.75, 3.05) is 0 Å². The second-order valence-corrected chi connectivity index (χ2v) is 0. The van der Waals surface area contributed by atoms with Gasteiger partial charge in [0.15, 0.2) is 0 Å². The van der Waals surface area contributed by atoms with Crippen molar-refractivity contribution in [1.82, 2.24) is 0 Å². The molecule has 0 saturated carbocycles. The van der Waals surface area contributed by atoms with Gasteiger partial charge < -0.3 is 0 Å². The second kappa shape index (κ2) is 368. The molecule has 0 fully saturated rings. The molecule has 0 N–H and O–H groups in total. The van der Waals surface area contributed by atoms with Gasteiger partial charge in [-0.15, -0.1) is 37.2 Å². The van der Waals surface area contributed by atoms with Crippen molar-refractivity contribution in [1.29, 1.82) is 0 Å². The van der Waals surface area contributed by atoms with E-state index in [-0.39, 0.29) is 1890 Å². The van der Waals surface area contributed by atoms with Crippen LogP contribution in [0.2, 0.25) is 0 Å². The standard InChI is InChI=1S/49Ca.3ClH/h;;;;;;;;;;;;;;;;;;;;;;;;;;;;;;;;;;;;;;;;;;;;;;;;;3*1H/q49*+2;;;. The van der Waals surface area contributed by atoms with Crippen molar-refractivity contribution in [3.63, 3.8) is 0 Å². The summed E-state index contributed by atoms with van der Waals surface area (Å²) in [6, 6.07) is 0. The monoisotopic (exact) mass is 2070 g/mol. The first-order valence-corrected chi connectivity index (χ1v) is 0. The Balaban J connectivity index is 0. The number of hydrogen-bond donors (Lipinski definition) is 0. The summed E-state index contributed by atoms with van der Waals surface area (Å²) in [6.45, 7) is 0. The maximum Gasteiger partial charge on any atom is 2.00 e. The van der Waals surface area contributed by atoms with E-state index in [1.165, 1.54) is 0 Å². The van der Waals surface area contributed by atoms with Gasteiger partial charge in [0.1, 0.15) is 0 Å². The van der Waals surface area contributed by atoms with Crippen LogP contribution in [0.25, 0.3) is 0 Å². The maximum absolute atomic E-state index is 0. The Bertz CT molecular complexity index is 16.5. The molecule has 0 atom stereocenters. The van der Waals surface area contributed by atoms with Crippen LogP contribution in [0.5, 0.6) is 0 Å². The Morgan fingerprint density at radius 3 is 0.0385 bits per heavy atom. The van der Waals surface area contributed by atoms with Crippen molar-refractivity contribution in [2.24, 2.45) is 0 Å². The minimum Gasteiger partial charge on any atom is -0.147 e. The van der Waals surface area contributed by atoms with Crippen LogP contribution >= 0.6 is 37.2 Å². The van der Waals surface area contributed by atoms with Crippen LogP contribution in [0.3, 0.4) is 0 Å². The summed E-state index contributed by atoms with van der Waals surface area (Å²) in [5.74, 6) is 0. The van der Waals surface area contributed by atoms with E-state index in [0.717, 1.165) is 0 Å². The molecule has 0 unspecified atom stereocenters. The van der Waals surface area contributed by atoms with Crippen LogP contribution in [0, 0.1) is 0 Å². The third-order valence-electron chi connectivity index (χ3n) is 0. The van der Waals surface area contributed by atoms with E-state index in [9.17, 15) is 0 Å². The van der Waals surface area contributed by atoms with Gasteiger partial charge in [0, 0.05) is 0 Å². The third kappa shape index (κ3) is 358. The van der Waals surface area contributed by atoms with Crippen molar-refractivity contribution in [3.8, 4) is 0 Å². The molecule has 0 aromatic rings. The topological polar surface area (TPSA) is 0 Å². The van der Waals surface area contributed by atoms with Crippen molar-refractivity contribution < 1.29 is 0 Å². The van der Waals surface area contributed by atoms with Crippen LogP contribution in [0.1, 0.15) is 0 Å². The van der Waals surface area contributed by atoms with Crippen LogP contribution in [0.15, 0.2) is 0 Å². The average Bonchev–Trinajstić information content (AvgIpc) is 0. The molecule has 0 aromatic heterocycles. The molecular formula is H3Ca49Cl3+98. The minimum atomic E-state index is 0. The fourth-order valence-electron chi connectivity index (χ4n) is 0. The zero-order valence-electron chi connectivity index (χ0n) is 35.9. The minimum absolute atomic E-state index is 0. The molecule has 0 nitrogen and oxygen atoms in total. The summed E-state index contributed by atoms with van der Waals surface area (Å²) >= 11 is 0. The molecule has 0 heterocycles. The third-order valence-corrected chi connectivity index (χ3v) is 0. The van der Waals surface area contributed by atoms with Gasteiger partial charge in [-0.2, -0.15) is 0 Å². The molecule has 0 spiro atoms. The molecule has 0 bridgehead atoms. The molecule has 0 aliphatic rings. The van der Waals surface area contributed by atoms with Gasteiger partial charge in [0.25, 0.3) is 0 Å². The van der Waals surface area contributed by atoms with Crippen molar-refractivity contribution in [2.45, 2.75) is 0 Å². The Kier molecular flexibility index (Phi) is 2670. The Morgan fingerprint density at radius 2 is 0.0385 bits per heavy atom. The zero-order valence-corrected chi connectivity index (χ0v) is 147. The smallest absolute Gasteiger partial charge is 0.147 e. The fraction of sp³-hybridized carbons (Fsp3) is 0. The quantitative estimate of drug-likeness (QED) is 0.212. The summed E-state index contributed by atoms with van der Waals surface area (Å²) in [5.41, 5.74) is 0. The predicted molar refractivity (Wildman–Crippen MR) is 304 cm³/mol. The van der Waals surface area contributed by atoms with Gasteiger partial charge in [0.2, 0.25) is 0 Å². The molecule has 52 heavy (non-hydrogen) atoms. The molecule has 0 radical (unpaired) electrons. The van der Waals surface area contributed by atoms with Crippen LogP contribution in [-0.4, -0.2) is 1850 Å². The molecule has 0 saturated heterocycles. The van der Waals surface area contributed by atoms with Gasteiger partial charge in [-0.3, -0.25) is 0 Å². The van der Waals surface area contributed by atoms with Gasteiger partial charge in [-0.05, 0) is 0 Å². The SMILES string of the molecule is Cl.Cl.Cl.[Ca+2].[Ca+2].[Ca+2].[Ca+2].[Ca+2].[Ca+2].[Ca+2].[Ca+2].[Ca+2].[Ca+2].[Ca+2].[Ca+2].[Ca+2].[Ca+2].[Ca+2].[Ca+2].[Ca+2].[Ca+2].[Ca+2].[Ca+2].[Ca+2].[Ca+2].[Ca+2].[Ca+2].[Ca+2].[Ca+2].[Ca+2].[Ca+2].[Ca+2].[Ca+2].[Ca+2].[Ca+2].[Ca+2].[Ca+2].[Ca+2].[Ca+2].[Ca+2].[Ca+2].[Ca+2].[Ca+2].[Ca+2].[Ca+2].[Ca+2].[Ca+2].[Ca+2].[Ca+2].[Ca+2].[Ca+2].[Ca+2]. The van der Waals surface area contributed by atoms with Gasteiger partial charge in [-0.1, -0.05) is 0 Å². The normalized spacial score (nSPS) is 0. The van der Waals surface area contributed by atoms with Crippen molar-refractivity contribution >= 4 is 1890 Å². The average molecular weight is 2070 g/mol. The van der Waals surface area contributed by atoms with E-state index in [0.29, 0.717) is 0 Å². The Labute approximate surface area is 1810 Å². The summed E-state index contributed by atoms with van der Waals surface area (Å²) in [6.07, 6.45) is 0. The van der Waals surface area contributed by atoms with Crippen LogP contribution in [0.4, 0.5) is 0 Å². The second-order valence-electron chi connectivity index (χ2n) is 0. The summed E-state index contributed by atoms with van der Waals surface area (Å²) in [4.78, 5) is 0. The molecule has 0 amide bonds. The predicted octanol–water partition coefficient (Wildman–Crippen LogP) is -17.4. The van der Waals surface area contributed by atoms with Crippen LogP contribution in [-0.2, 0) is 0 Å². The molecule has 0 rings (SSSR count). The van der Waals surface area contributed by atoms with Crippen LogP contribution < -0.4 is 0 Å². The molecular weight excluding hydrogens is 2070 g/mol. The largest absolute Gasteiger partial charge is 2.00 e. The van der Waals surface area contributed by atoms with Gasteiger partial charge in [-0.25, -0.2) is 0 Å². The van der Waals surface area contributed by atoms with Gasteiger partial charge in [0.05, 0.1) is 0 Å². The molecule has 0 aliphatic heterocycles. The number of hydrogen-bond acceptors (Lipinski definition) is 0. The van der Waals surface area contributed by atoms with E-state index in [1.54, 1.807) is 0 Å². The molecule has 24 valence electrons. The van der Waals surface area contributed by atoms with E-state index in [2.05, 4.69) is 0 Å². The Hall–Kier alpha value is 62.6. The fourth-order valence-corrected chi connectivity index (χ4v) is 0. The first-order valence-electron chi connectivity index (χ1n) is 0. The van der Waals surface area contributed by atoms with Crippen molar-refractivity contribution in [3.05, 3.63) is 0 Å². The van der Waals surface area contributed by atoms with E-state index < -0.39 is 0 Å². The summed E-state index contributed by atoms with van der Waals surface area (Å²) < 4.78 is 0. The van der Waals surface area contributed by atoms with E-state index >= 15 is 0 Å². The maximum atomic E-state index is 0. The Morgan fingerprint density at radius 1 is 0.0385 bits per heavy atom. The van der Waals surface area contributed by atoms with E-state index in [4.69, 9.17) is 0 Å². The number of rotatable bonds is 0. The summed E-state index contributed by atoms with van der Waals surface area (Å²) in [5, 5.41) is 0. The zero-order chi connectivity index (χ0) is 0. The first-order chi connectivity index (χ1) is 0. The first kappa shape index (κ1) is 377. The molecule has 52 heteroatoms. The summed E-state index contributed by atoms with van der Waals surface area (Å²) in [7, 11) is 0. The van der Waals surface area contributed by atoms with E-state index in [1.807, 2.05) is 0 Å². The van der Waals surface area contributed by atoms with Gasteiger partial charge >= 0.3 is 1850 Å². The number of halogens is 3. The molecule has 0 aromatic carbocycles.